The first-order valence-electron chi connectivity index (χ1n) is 5.86. The van der Waals surface area contributed by atoms with Crippen LogP contribution < -0.4 is 5.32 Å². The zero-order valence-corrected chi connectivity index (χ0v) is 11.4. The molecule has 1 fully saturated rings. The molecule has 1 aliphatic rings. The summed E-state index contributed by atoms with van der Waals surface area (Å²) in [6, 6.07) is 0.440. The number of rotatable bonds is 4. The van der Waals surface area contributed by atoms with E-state index in [-0.39, 0.29) is 11.1 Å². The molecule has 1 heterocycles. The van der Waals surface area contributed by atoms with E-state index in [1.54, 1.807) is 0 Å². The van der Waals surface area contributed by atoms with E-state index in [4.69, 9.17) is 0 Å². The zero-order chi connectivity index (χ0) is 11.7. The lowest BCUT2D eigenvalue weighted by Crippen LogP contribution is -2.39. The minimum absolute atomic E-state index is 0.0578. The van der Waals surface area contributed by atoms with Crippen LogP contribution in [0.25, 0.3) is 0 Å². The lowest BCUT2D eigenvalue weighted by molar-refractivity contribution is 0.192. The average Bonchev–Trinajstić information content (AvgIpc) is 2.46. The number of hydrogen-bond acceptors (Lipinski definition) is 3. The van der Waals surface area contributed by atoms with Crippen LogP contribution in [0, 0.1) is 0 Å². The normalized spacial score (nSPS) is 28.4. The monoisotopic (exact) mass is 231 g/mol. The molecule has 0 saturated carbocycles. The van der Waals surface area contributed by atoms with Gasteiger partial charge in [-0.1, -0.05) is 13.8 Å². The van der Waals surface area contributed by atoms with Gasteiger partial charge >= 0.3 is 0 Å². The van der Waals surface area contributed by atoms with Gasteiger partial charge in [-0.3, -0.25) is 0 Å². The van der Waals surface area contributed by atoms with Gasteiger partial charge in [-0.2, -0.15) is 0 Å². The lowest BCUT2D eigenvalue weighted by Gasteiger charge is -2.35. The fourth-order valence-corrected chi connectivity index (χ4v) is 2.61. The SMILES string of the molecule is CC(C)(CC[C@@H]1C[C@@H](O)CN1)[Si](C)(C)O. The van der Waals surface area contributed by atoms with E-state index in [0.29, 0.717) is 6.04 Å². The first-order valence-corrected chi connectivity index (χ1v) is 8.81. The van der Waals surface area contributed by atoms with Crippen molar-refractivity contribution in [2.45, 2.75) is 63.4 Å². The van der Waals surface area contributed by atoms with Gasteiger partial charge in [0.25, 0.3) is 0 Å². The average molecular weight is 231 g/mol. The Morgan fingerprint density at radius 1 is 1.40 bits per heavy atom. The molecule has 90 valence electrons. The Kier molecular flexibility index (Phi) is 3.98. The van der Waals surface area contributed by atoms with Crippen LogP contribution in [0.5, 0.6) is 0 Å². The molecule has 3 N–H and O–H groups in total. The smallest absolute Gasteiger partial charge is 0.188 e. The van der Waals surface area contributed by atoms with Crippen LogP contribution in [0.3, 0.4) is 0 Å². The van der Waals surface area contributed by atoms with Crippen molar-refractivity contribution in [3.05, 3.63) is 0 Å². The first-order chi connectivity index (χ1) is 6.72. The van der Waals surface area contributed by atoms with Crippen LogP contribution >= 0.6 is 0 Å². The highest BCUT2D eigenvalue weighted by Crippen LogP contribution is 2.40. The molecule has 0 aromatic carbocycles. The number of nitrogens with one attached hydrogen (secondary N) is 1. The third-order valence-electron chi connectivity index (χ3n) is 3.97. The zero-order valence-electron chi connectivity index (χ0n) is 10.4. The summed E-state index contributed by atoms with van der Waals surface area (Å²) < 4.78 is 0. The van der Waals surface area contributed by atoms with Gasteiger partial charge in [-0.05, 0) is 37.4 Å². The Morgan fingerprint density at radius 3 is 2.40 bits per heavy atom. The molecule has 3 nitrogen and oxygen atoms in total. The summed E-state index contributed by atoms with van der Waals surface area (Å²) in [5.74, 6) is 0. The van der Waals surface area contributed by atoms with Crippen LogP contribution in [0.15, 0.2) is 0 Å². The van der Waals surface area contributed by atoms with Crippen molar-refractivity contribution in [3.63, 3.8) is 0 Å². The van der Waals surface area contributed by atoms with Crippen LogP contribution in [0.2, 0.25) is 18.1 Å². The van der Waals surface area contributed by atoms with Crippen molar-refractivity contribution >= 4 is 8.32 Å². The molecule has 2 atom stereocenters. The summed E-state index contributed by atoms with van der Waals surface area (Å²) in [4.78, 5) is 10.1. The van der Waals surface area contributed by atoms with Crippen molar-refractivity contribution < 1.29 is 9.90 Å². The second-order valence-electron chi connectivity index (χ2n) is 5.98. The highest BCUT2D eigenvalue weighted by atomic mass is 28.4. The van der Waals surface area contributed by atoms with Gasteiger partial charge in [0.05, 0.1) is 6.10 Å². The van der Waals surface area contributed by atoms with Gasteiger partial charge in [0, 0.05) is 12.6 Å². The van der Waals surface area contributed by atoms with Crippen molar-refractivity contribution in [2.24, 2.45) is 0 Å². The van der Waals surface area contributed by atoms with E-state index in [1.165, 1.54) is 0 Å². The topological polar surface area (TPSA) is 52.5 Å². The fraction of sp³-hybridized carbons (Fsp3) is 1.00. The molecule has 0 amide bonds. The van der Waals surface area contributed by atoms with E-state index < -0.39 is 8.32 Å². The predicted molar refractivity (Wildman–Crippen MR) is 65.4 cm³/mol. The molecule has 0 aliphatic carbocycles. The molecule has 1 saturated heterocycles. The standard InChI is InChI=1S/C11H25NO2Si/c1-11(2,15(3,4)14)6-5-9-7-10(13)8-12-9/h9-10,12-14H,5-8H2,1-4H3/t9-,10-/m1/s1. The Labute approximate surface area is 94.0 Å². The molecule has 0 aromatic rings. The minimum atomic E-state index is -2.06. The van der Waals surface area contributed by atoms with E-state index in [9.17, 15) is 9.90 Å². The number of β-amino-alcohol motifs (C(OH)–C–C–N with tert-alkyl or cyclic N) is 1. The molecular formula is C11H25NO2Si. The highest BCUT2D eigenvalue weighted by molar-refractivity contribution is 6.72. The van der Waals surface area contributed by atoms with Gasteiger partial charge in [-0.15, -0.1) is 0 Å². The van der Waals surface area contributed by atoms with Gasteiger partial charge < -0.3 is 15.2 Å². The number of aliphatic hydroxyl groups is 1. The summed E-state index contributed by atoms with van der Waals surface area (Å²) >= 11 is 0. The van der Waals surface area contributed by atoms with Crippen molar-refractivity contribution in [1.82, 2.24) is 5.32 Å². The number of aliphatic hydroxyl groups excluding tert-OH is 1. The summed E-state index contributed by atoms with van der Waals surface area (Å²) in [7, 11) is -2.06. The fourth-order valence-electron chi connectivity index (χ4n) is 1.86. The van der Waals surface area contributed by atoms with E-state index in [0.717, 1.165) is 25.8 Å². The van der Waals surface area contributed by atoms with Crippen molar-refractivity contribution in [2.75, 3.05) is 6.54 Å². The Bertz CT molecular complexity index is 213. The molecule has 15 heavy (non-hydrogen) atoms. The Balaban J connectivity index is 2.36. The lowest BCUT2D eigenvalue weighted by atomic mass is 10.0. The molecule has 0 radical (unpaired) electrons. The van der Waals surface area contributed by atoms with Crippen LogP contribution in [0.4, 0.5) is 0 Å². The van der Waals surface area contributed by atoms with E-state index in [2.05, 4.69) is 19.2 Å². The van der Waals surface area contributed by atoms with E-state index in [1.807, 2.05) is 13.1 Å². The summed E-state index contributed by atoms with van der Waals surface area (Å²) in [5, 5.41) is 12.8. The summed E-state index contributed by atoms with van der Waals surface area (Å²) in [5.41, 5.74) is 0. The third kappa shape index (κ3) is 3.55. The molecule has 4 heteroatoms. The second kappa shape index (κ2) is 4.53. The Morgan fingerprint density at radius 2 is 2.00 bits per heavy atom. The molecule has 0 spiro atoms. The van der Waals surface area contributed by atoms with Crippen LogP contribution in [-0.2, 0) is 0 Å². The quantitative estimate of drug-likeness (QED) is 0.642. The predicted octanol–water partition coefficient (Wildman–Crippen LogP) is 1.47. The summed E-state index contributed by atoms with van der Waals surface area (Å²) in [6.45, 7) is 9.05. The second-order valence-corrected chi connectivity index (χ2v) is 10.4. The van der Waals surface area contributed by atoms with Crippen LogP contribution in [0.1, 0.15) is 33.1 Å². The molecule has 1 rings (SSSR count). The Hall–Kier alpha value is 0.0969. The highest BCUT2D eigenvalue weighted by Gasteiger charge is 2.38. The van der Waals surface area contributed by atoms with Gasteiger partial charge in [0.1, 0.15) is 0 Å². The molecule has 0 unspecified atom stereocenters. The maximum atomic E-state index is 10.1. The molecule has 1 aliphatic heterocycles. The van der Waals surface area contributed by atoms with Gasteiger partial charge in [0.2, 0.25) is 0 Å². The maximum absolute atomic E-state index is 10.1. The van der Waals surface area contributed by atoms with Crippen molar-refractivity contribution in [3.8, 4) is 0 Å². The van der Waals surface area contributed by atoms with E-state index >= 15 is 0 Å². The third-order valence-corrected chi connectivity index (χ3v) is 7.54. The van der Waals surface area contributed by atoms with Gasteiger partial charge in [-0.25, -0.2) is 0 Å². The first kappa shape index (κ1) is 13.2. The molecular weight excluding hydrogens is 206 g/mol. The number of hydrogen-bond donors (Lipinski definition) is 3. The van der Waals surface area contributed by atoms with Crippen LogP contribution in [-0.4, -0.2) is 36.9 Å². The largest absolute Gasteiger partial charge is 0.432 e. The molecule has 0 aromatic heterocycles. The maximum Gasteiger partial charge on any atom is 0.188 e. The molecule has 0 bridgehead atoms. The summed E-state index contributed by atoms with van der Waals surface area (Å²) in [6.07, 6.45) is 2.79. The minimum Gasteiger partial charge on any atom is -0.432 e. The van der Waals surface area contributed by atoms with Crippen molar-refractivity contribution in [1.29, 1.82) is 0 Å². The van der Waals surface area contributed by atoms with Gasteiger partial charge in [0.15, 0.2) is 8.32 Å².